The van der Waals surface area contributed by atoms with Crippen LogP contribution in [0.5, 0.6) is 5.75 Å². The van der Waals surface area contributed by atoms with Gasteiger partial charge in [-0.1, -0.05) is 23.9 Å². The second-order valence-corrected chi connectivity index (χ2v) is 8.28. The van der Waals surface area contributed by atoms with Crippen LogP contribution in [0.25, 0.3) is 10.2 Å². The van der Waals surface area contributed by atoms with Gasteiger partial charge < -0.3 is 10.1 Å². The highest BCUT2D eigenvalue weighted by Crippen LogP contribution is 2.27. The summed E-state index contributed by atoms with van der Waals surface area (Å²) in [4.78, 5) is 31.2. The molecule has 0 spiro atoms. The Kier molecular flexibility index (Phi) is 5.86. The molecule has 0 aliphatic heterocycles. The largest absolute Gasteiger partial charge is 0.497 e. The molecule has 0 fully saturated rings. The lowest BCUT2D eigenvalue weighted by Crippen LogP contribution is -2.25. The molecule has 0 saturated carbocycles. The predicted molar refractivity (Wildman–Crippen MR) is 110 cm³/mol. The van der Waals surface area contributed by atoms with Gasteiger partial charge in [0.25, 0.3) is 5.56 Å². The summed E-state index contributed by atoms with van der Waals surface area (Å²) in [5.41, 5.74) is 1.88. The minimum atomic E-state index is -0.115. The van der Waals surface area contributed by atoms with E-state index in [2.05, 4.69) is 10.3 Å². The third-order valence-electron chi connectivity index (χ3n) is 4.33. The summed E-state index contributed by atoms with van der Waals surface area (Å²) < 4.78 is 6.70. The van der Waals surface area contributed by atoms with Crippen LogP contribution in [0.4, 0.5) is 0 Å². The van der Waals surface area contributed by atoms with E-state index in [4.69, 9.17) is 4.74 Å². The average molecular weight is 404 g/mol. The predicted octanol–water partition coefficient (Wildman–Crippen LogP) is 3.03. The number of aryl methyl sites for hydroxylation is 2. The van der Waals surface area contributed by atoms with E-state index in [1.807, 2.05) is 38.1 Å². The maximum absolute atomic E-state index is 12.6. The van der Waals surface area contributed by atoms with Gasteiger partial charge in [0.1, 0.15) is 10.6 Å². The van der Waals surface area contributed by atoms with E-state index in [1.165, 1.54) is 27.7 Å². The van der Waals surface area contributed by atoms with E-state index in [9.17, 15) is 9.59 Å². The zero-order valence-electron chi connectivity index (χ0n) is 15.7. The molecule has 1 N–H and O–H groups in total. The molecule has 6 nitrogen and oxygen atoms in total. The van der Waals surface area contributed by atoms with Gasteiger partial charge >= 0.3 is 0 Å². The molecule has 0 saturated heterocycles. The summed E-state index contributed by atoms with van der Waals surface area (Å²) in [6, 6.07) is 7.55. The number of thioether (sulfide) groups is 1. The fourth-order valence-electron chi connectivity index (χ4n) is 2.65. The molecule has 142 valence electrons. The number of benzene rings is 1. The minimum absolute atomic E-state index is 0.0684. The molecule has 0 aliphatic rings. The number of carbonyl (C=O) groups excluding carboxylic acids is 1. The molecule has 2 aromatic heterocycles. The summed E-state index contributed by atoms with van der Waals surface area (Å²) in [7, 11) is 3.30. The van der Waals surface area contributed by atoms with Gasteiger partial charge in [0, 0.05) is 18.5 Å². The second kappa shape index (κ2) is 8.14. The Labute approximate surface area is 165 Å². The minimum Gasteiger partial charge on any atom is -0.497 e. The van der Waals surface area contributed by atoms with Crippen molar-refractivity contribution in [3.63, 3.8) is 0 Å². The molecular weight excluding hydrogens is 382 g/mol. The van der Waals surface area contributed by atoms with Gasteiger partial charge in [-0.2, -0.15) is 0 Å². The highest BCUT2D eigenvalue weighted by atomic mass is 32.2. The molecule has 3 rings (SSSR count). The number of fused-ring (bicyclic) bond motifs is 1. The first kappa shape index (κ1) is 19.4. The first-order valence-corrected chi connectivity index (χ1v) is 10.2. The molecule has 0 unspecified atom stereocenters. The molecule has 8 heteroatoms. The Hall–Kier alpha value is -2.32. The highest BCUT2D eigenvalue weighted by Gasteiger charge is 2.15. The van der Waals surface area contributed by atoms with Crippen molar-refractivity contribution in [2.75, 3.05) is 12.9 Å². The Balaban J connectivity index is 1.66. The maximum atomic E-state index is 12.6. The topological polar surface area (TPSA) is 73.2 Å². The van der Waals surface area contributed by atoms with Gasteiger partial charge in [-0.3, -0.25) is 14.2 Å². The molecule has 0 aliphatic carbocycles. The van der Waals surface area contributed by atoms with Crippen LogP contribution >= 0.6 is 23.1 Å². The van der Waals surface area contributed by atoms with E-state index in [0.29, 0.717) is 17.1 Å². The van der Waals surface area contributed by atoms with Gasteiger partial charge in [0.05, 0.1) is 18.2 Å². The van der Waals surface area contributed by atoms with Crippen molar-refractivity contribution in [1.29, 1.82) is 0 Å². The van der Waals surface area contributed by atoms with Gasteiger partial charge in [0.15, 0.2) is 5.16 Å². The van der Waals surface area contributed by atoms with Crippen molar-refractivity contribution in [1.82, 2.24) is 14.9 Å². The number of nitrogens with one attached hydrogen (secondary N) is 1. The summed E-state index contributed by atoms with van der Waals surface area (Å²) >= 11 is 2.77. The standard InChI is InChI=1S/C19H21N3O3S2/c1-11-12(2)27-17-16(11)18(24)22(3)19(21-17)26-10-15(23)20-9-13-6-5-7-14(8-13)25-4/h5-8H,9-10H2,1-4H3,(H,20,23). The summed E-state index contributed by atoms with van der Waals surface area (Å²) in [6.07, 6.45) is 0. The number of aromatic nitrogens is 2. The van der Waals surface area contributed by atoms with Crippen molar-refractivity contribution in [2.45, 2.75) is 25.5 Å². The summed E-state index contributed by atoms with van der Waals surface area (Å²) in [5.74, 6) is 0.833. The fourth-order valence-corrected chi connectivity index (χ4v) is 4.52. The number of hydrogen-bond donors (Lipinski definition) is 1. The van der Waals surface area contributed by atoms with E-state index in [-0.39, 0.29) is 17.2 Å². The van der Waals surface area contributed by atoms with Crippen molar-refractivity contribution in [2.24, 2.45) is 7.05 Å². The van der Waals surface area contributed by atoms with Crippen LogP contribution in [0.3, 0.4) is 0 Å². The van der Waals surface area contributed by atoms with Crippen molar-refractivity contribution >= 4 is 39.2 Å². The third-order valence-corrected chi connectivity index (χ3v) is 6.46. The Morgan fingerprint density at radius 3 is 2.89 bits per heavy atom. The first-order valence-electron chi connectivity index (χ1n) is 8.40. The summed E-state index contributed by atoms with van der Waals surface area (Å²) in [5, 5.41) is 4.10. The quantitative estimate of drug-likeness (QED) is 0.506. The molecular formula is C19H21N3O3S2. The van der Waals surface area contributed by atoms with Gasteiger partial charge in [-0.15, -0.1) is 11.3 Å². The van der Waals surface area contributed by atoms with E-state index >= 15 is 0 Å². The summed E-state index contributed by atoms with van der Waals surface area (Å²) in [6.45, 7) is 4.35. The highest BCUT2D eigenvalue weighted by molar-refractivity contribution is 7.99. The lowest BCUT2D eigenvalue weighted by atomic mass is 10.2. The smallest absolute Gasteiger partial charge is 0.262 e. The monoisotopic (exact) mass is 403 g/mol. The molecule has 0 atom stereocenters. The molecule has 27 heavy (non-hydrogen) atoms. The second-order valence-electron chi connectivity index (χ2n) is 6.14. The third kappa shape index (κ3) is 4.17. The van der Waals surface area contributed by atoms with E-state index in [0.717, 1.165) is 26.6 Å². The fraction of sp³-hybridized carbons (Fsp3) is 0.316. The van der Waals surface area contributed by atoms with Gasteiger partial charge in [0.2, 0.25) is 5.91 Å². The van der Waals surface area contributed by atoms with Crippen LogP contribution in [0, 0.1) is 13.8 Å². The Morgan fingerprint density at radius 2 is 2.15 bits per heavy atom. The van der Waals surface area contributed by atoms with Crippen LogP contribution < -0.4 is 15.6 Å². The maximum Gasteiger partial charge on any atom is 0.262 e. The van der Waals surface area contributed by atoms with Crippen LogP contribution in [0.2, 0.25) is 0 Å². The number of amides is 1. The zero-order chi connectivity index (χ0) is 19.6. The number of thiophene rings is 1. The van der Waals surface area contributed by atoms with Gasteiger partial charge in [-0.05, 0) is 37.1 Å². The number of methoxy groups -OCH3 is 1. The lowest BCUT2D eigenvalue weighted by Gasteiger charge is -2.09. The number of hydrogen-bond acceptors (Lipinski definition) is 6. The average Bonchev–Trinajstić information content (AvgIpc) is 2.95. The normalized spacial score (nSPS) is 11.0. The number of carbonyl (C=O) groups is 1. The SMILES string of the molecule is COc1cccc(CNC(=O)CSc2nc3sc(C)c(C)c3c(=O)n2C)c1. The van der Waals surface area contributed by atoms with Crippen molar-refractivity contribution in [3.05, 3.63) is 50.6 Å². The zero-order valence-corrected chi connectivity index (χ0v) is 17.3. The molecule has 3 aromatic rings. The molecule has 0 radical (unpaired) electrons. The molecule has 1 amide bonds. The van der Waals surface area contributed by atoms with Crippen molar-refractivity contribution < 1.29 is 9.53 Å². The molecule has 0 bridgehead atoms. The van der Waals surface area contributed by atoms with Crippen LogP contribution in [0.1, 0.15) is 16.0 Å². The number of nitrogens with zero attached hydrogens (tertiary/aromatic N) is 2. The number of rotatable bonds is 6. The Morgan fingerprint density at radius 1 is 1.37 bits per heavy atom. The first-order chi connectivity index (χ1) is 12.9. The number of ether oxygens (including phenoxy) is 1. The van der Waals surface area contributed by atoms with Crippen LogP contribution in [-0.4, -0.2) is 28.3 Å². The van der Waals surface area contributed by atoms with E-state index in [1.54, 1.807) is 14.2 Å². The van der Waals surface area contributed by atoms with Gasteiger partial charge in [-0.25, -0.2) is 4.98 Å². The molecule has 2 heterocycles. The molecule has 1 aromatic carbocycles. The lowest BCUT2D eigenvalue weighted by molar-refractivity contribution is -0.118. The van der Waals surface area contributed by atoms with Crippen molar-refractivity contribution in [3.8, 4) is 5.75 Å². The van der Waals surface area contributed by atoms with Crippen LogP contribution in [0.15, 0.2) is 34.2 Å². The van der Waals surface area contributed by atoms with E-state index < -0.39 is 0 Å². The van der Waals surface area contributed by atoms with Crippen LogP contribution in [-0.2, 0) is 18.4 Å². The Bertz CT molecular complexity index is 1060.